The molecule has 0 aliphatic carbocycles. The largest absolute Gasteiger partial charge is 0.490 e. The molecule has 20 N–H and O–H groups in total. The number of nitrogens with one attached hydrogen (secondary N) is 10. The molecule has 79 heavy (non-hydrogen) atoms. The predicted molar refractivity (Wildman–Crippen MR) is 267 cm³/mol. The fourth-order valence-electron chi connectivity index (χ4n) is 6.95. The Labute approximate surface area is 454 Å². The van der Waals surface area contributed by atoms with Gasteiger partial charge < -0.3 is 99.8 Å². The number of nitrogens with zero attached hydrogens (tertiary/aromatic N) is 2. The quantitative estimate of drug-likeness (QED) is 0.0573. The molecule has 0 aromatic carbocycles. The second-order valence-electron chi connectivity index (χ2n) is 17.2. The number of fused-ring (bicyclic) bond motifs is 1. The number of imidazole rings is 1. The van der Waals surface area contributed by atoms with Crippen molar-refractivity contribution >= 4 is 92.6 Å². The fourth-order valence-corrected chi connectivity index (χ4v) is 9.28. The van der Waals surface area contributed by atoms with E-state index in [-0.39, 0.29) is 56.7 Å². The van der Waals surface area contributed by atoms with Gasteiger partial charge in [-0.3, -0.25) is 52.7 Å². The number of nitrogens with two attached hydrogens (primary N) is 2. The predicted octanol–water partition coefficient (Wildman–Crippen LogP) is -8.50. The minimum atomic E-state index is -5.08. The number of alkyl halides is 3. The summed E-state index contributed by atoms with van der Waals surface area (Å²) in [6, 6.07) is -15.6. The van der Waals surface area contributed by atoms with Crippen LogP contribution in [0.15, 0.2) is 12.5 Å². The van der Waals surface area contributed by atoms with E-state index in [4.69, 9.17) is 21.4 Å². The number of carbonyl (C=O) groups excluding carboxylic acids is 10. The van der Waals surface area contributed by atoms with E-state index in [1.165, 1.54) is 19.4 Å². The van der Waals surface area contributed by atoms with Crippen molar-refractivity contribution in [3.63, 3.8) is 0 Å². The van der Waals surface area contributed by atoms with Gasteiger partial charge in [0, 0.05) is 36.4 Å². The average molecular weight is 1180 g/mol. The molecule has 0 bridgehead atoms. The van der Waals surface area contributed by atoms with Gasteiger partial charge in [-0.05, 0) is 45.6 Å². The van der Waals surface area contributed by atoms with Gasteiger partial charge >= 0.3 is 18.1 Å². The molecule has 4 unspecified atom stereocenters. The molecule has 32 nitrogen and oxygen atoms in total. The number of carbonyl (C=O) groups is 12. The van der Waals surface area contributed by atoms with Crippen molar-refractivity contribution in [1.29, 1.82) is 0 Å². The maximum absolute atomic E-state index is 14.1. The minimum absolute atomic E-state index is 0.0200. The minimum Gasteiger partial charge on any atom is -0.480 e. The van der Waals surface area contributed by atoms with Gasteiger partial charge in [-0.2, -0.15) is 13.2 Å². The van der Waals surface area contributed by atoms with E-state index in [0.717, 1.165) is 26.5 Å². The lowest BCUT2D eigenvalue weighted by Crippen LogP contribution is -2.62. The van der Waals surface area contributed by atoms with Crippen molar-refractivity contribution in [2.24, 2.45) is 11.5 Å². The van der Waals surface area contributed by atoms with E-state index in [2.05, 4.69) is 57.8 Å². The Morgan fingerprint density at radius 3 is 1.73 bits per heavy atom. The van der Waals surface area contributed by atoms with Crippen molar-refractivity contribution in [2.45, 2.75) is 112 Å². The molecule has 2 fully saturated rings. The zero-order chi connectivity index (χ0) is 59.6. The summed E-state index contributed by atoms with van der Waals surface area (Å²) in [5, 5.41) is 78.0. The Kier molecular flexibility index (Phi) is 29.5. The van der Waals surface area contributed by atoms with Crippen LogP contribution >= 0.6 is 21.6 Å². The normalized spacial score (nSPS) is 25.2. The summed E-state index contributed by atoms with van der Waals surface area (Å²) < 4.78 is 31.7. The summed E-state index contributed by atoms with van der Waals surface area (Å²) in [5.41, 5.74) is 11.7. The zero-order valence-electron chi connectivity index (χ0n) is 42.1. The number of carboxylic acids is 2. The number of rotatable bonds is 15. The molecule has 3 heterocycles. The number of hydrogen-bond donors (Lipinski definition) is 18. The third-order valence-corrected chi connectivity index (χ3v) is 13.6. The monoisotopic (exact) mass is 1170 g/mol. The van der Waals surface area contributed by atoms with E-state index >= 15 is 0 Å². The molecule has 10 atom stereocenters. The van der Waals surface area contributed by atoms with Crippen molar-refractivity contribution in [2.75, 3.05) is 57.6 Å². The van der Waals surface area contributed by atoms with Crippen LogP contribution < -0.4 is 59.3 Å². The molecule has 10 amide bonds. The second-order valence-corrected chi connectivity index (χ2v) is 19.8. The molecule has 0 saturated carbocycles. The van der Waals surface area contributed by atoms with Crippen LogP contribution in [0.4, 0.5) is 13.2 Å². The summed E-state index contributed by atoms with van der Waals surface area (Å²) in [4.78, 5) is 164. The lowest BCUT2D eigenvalue weighted by molar-refractivity contribution is -0.192. The third-order valence-electron chi connectivity index (χ3n) is 11.2. The number of hydrogen-bond acceptors (Lipinski definition) is 21. The van der Waals surface area contributed by atoms with Crippen LogP contribution in [0.1, 0.15) is 44.7 Å². The highest BCUT2D eigenvalue weighted by Crippen LogP contribution is 2.24. The van der Waals surface area contributed by atoms with E-state index in [1.807, 2.05) is 0 Å². The first-order valence-electron chi connectivity index (χ1n) is 23.9. The van der Waals surface area contributed by atoms with E-state index in [0.29, 0.717) is 12.1 Å². The summed E-state index contributed by atoms with van der Waals surface area (Å²) >= 11 is 0. The molecule has 0 radical (unpaired) electrons. The van der Waals surface area contributed by atoms with Gasteiger partial charge in [-0.1, -0.05) is 21.6 Å². The summed E-state index contributed by atoms with van der Waals surface area (Å²) in [6.07, 6.45) is -1.91. The number of aliphatic hydroxyl groups excluding tert-OH is 4. The number of aliphatic carboxylic acids is 2. The first-order valence-corrected chi connectivity index (χ1v) is 26.4. The van der Waals surface area contributed by atoms with E-state index < -0.39 is 171 Å². The molecule has 2 saturated heterocycles. The summed E-state index contributed by atoms with van der Waals surface area (Å²) in [5.74, 6) is -15.1. The number of unbranched alkanes of at least 4 members (excludes halogenated alkanes) is 1. The van der Waals surface area contributed by atoms with E-state index in [9.17, 15) is 91.4 Å². The summed E-state index contributed by atoms with van der Waals surface area (Å²) in [6.45, 7) is -3.69. The zero-order valence-corrected chi connectivity index (χ0v) is 43.7. The summed E-state index contributed by atoms with van der Waals surface area (Å²) in [7, 11) is 1.70. The van der Waals surface area contributed by atoms with Crippen LogP contribution in [0.25, 0.3) is 0 Å². The maximum atomic E-state index is 14.1. The standard InChI is InChI=1S/C40H64N14O16S2.C2HF3O2/c1-19(42)31(61)52-28-17-72-71-16-27(32(62)44-11-30(59)60)53-34(64)22(9-20-10-43-18-45-20)47-33(63)21(5-2-3-7-41)46-35(65)25(14-57)50-39(69)29-6-4-8-54(29)40(70)26(15-58)51-37(67)24(13-56)48-36(66)23(12-55)49-38(28)68;3-2(4,5)1(6)7/h10,18-19,21-29,55-58H,2-9,11-17,41-42H2,1H3,(H,43,45)(H,44,62)(H,46,65)(H,47,63)(H,48,66)(H,49,68)(H,50,69)(H,51,67)(H,52,61)(H,53,64)(H,59,60);(H,6,7)/t19-,21-,22?,23?,24-,25?,26-,27?,28-,29-;/m0./s1. The Bertz CT molecular complexity index is 2270. The van der Waals surface area contributed by atoms with Crippen LogP contribution in [0.5, 0.6) is 0 Å². The molecule has 0 spiro atoms. The number of aliphatic hydroxyl groups is 4. The Morgan fingerprint density at radius 2 is 1.23 bits per heavy atom. The first-order chi connectivity index (χ1) is 37.2. The van der Waals surface area contributed by atoms with Crippen LogP contribution in [0, 0.1) is 0 Å². The van der Waals surface area contributed by atoms with Crippen molar-refractivity contribution < 1.29 is 101 Å². The van der Waals surface area contributed by atoms with Crippen molar-refractivity contribution in [3.8, 4) is 0 Å². The molecular weight excluding hydrogens is 1110 g/mol. The van der Waals surface area contributed by atoms with Crippen LogP contribution in [0.2, 0.25) is 0 Å². The van der Waals surface area contributed by atoms with Crippen molar-refractivity contribution in [3.05, 3.63) is 18.2 Å². The van der Waals surface area contributed by atoms with Crippen molar-refractivity contribution in [1.82, 2.24) is 62.7 Å². The molecule has 2 aliphatic rings. The maximum Gasteiger partial charge on any atom is 0.490 e. The topological polar surface area (TPSA) is 518 Å². The Morgan fingerprint density at radius 1 is 0.734 bits per heavy atom. The molecule has 37 heteroatoms. The lowest BCUT2D eigenvalue weighted by Gasteiger charge is -2.30. The number of aromatic amines is 1. The number of aromatic nitrogens is 2. The SMILES string of the molecule is C[C@H](N)C(=O)N[C@H]1CSSCC(C(=O)NCC(=O)O)NC(=O)C(Cc2cnc[nH]2)NC(=O)[C@H](CCCCN)NC(=O)C(CO)NC(=O)[C@@H]2CCCN2C(=O)[C@H](CO)NC(=O)[C@H](CO)NC(=O)C(CO)NC1=O.O=C(O)C(F)(F)F. The molecule has 1 aromatic heterocycles. The number of halogens is 3. The van der Waals surface area contributed by atoms with Gasteiger partial charge in [-0.25, -0.2) is 9.78 Å². The molecular formula is C42H65F3N14O18S2. The second kappa shape index (κ2) is 34.2. The van der Waals surface area contributed by atoms with Gasteiger partial charge in [0.25, 0.3) is 0 Å². The number of amides is 10. The van der Waals surface area contributed by atoms with Crippen LogP contribution in [-0.4, -0.2) is 241 Å². The highest BCUT2D eigenvalue weighted by molar-refractivity contribution is 8.76. The van der Waals surface area contributed by atoms with Gasteiger partial charge in [-0.15, -0.1) is 0 Å². The first kappa shape index (κ1) is 68.2. The van der Waals surface area contributed by atoms with E-state index in [1.54, 1.807) is 0 Å². The van der Waals surface area contributed by atoms with Gasteiger partial charge in [0.05, 0.1) is 38.8 Å². The molecule has 1 aromatic rings. The smallest absolute Gasteiger partial charge is 0.480 e. The van der Waals surface area contributed by atoms with Crippen LogP contribution in [0.3, 0.4) is 0 Å². The van der Waals surface area contributed by atoms with Gasteiger partial charge in [0.15, 0.2) is 0 Å². The average Bonchev–Trinajstić information content (AvgIpc) is 4.12. The highest BCUT2D eigenvalue weighted by atomic mass is 33.1. The Balaban J connectivity index is 0.00000284. The fraction of sp³-hybridized carbons (Fsp3) is 0.643. The molecule has 444 valence electrons. The third kappa shape index (κ3) is 23.1. The molecule has 2 aliphatic heterocycles. The number of carboxylic acid groups (broad SMARTS) is 2. The van der Waals surface area contributed by atoms with Gasteiger partial charge in [0.1, 0.15) is 60.9 Å². The Hall–Kier alpha value is -6.90. The number of H-pyrrole nitrogens is 1. The lowest BCUT2D eigenvalue weighted by atomic mass is 10.1. The highest BCUT2D eigenvalue weighted by Gasteiger charge is 2.41. The molecule has 3 rings (SSSR count). The van der Waals surface area contributed by atoms with Gasteiger partial charge in [0.2, 0.25) is 59.1 Å². The van der Waals surface area contributed by atoms with Crippen LogP contribution in [-0.2, 0) is 64.0 Å².